The first-order valence-corrected chi connectivity index (χ1v) is 5.22. The van der Waals surface area contributed by atoms with E-state index in [1.165, 1.54) is 5.56 Å². The van der Waals surface area contributed by atoms with E-state index in [1.54, 1.807) is 6.20 Å². The number of hydrogen-bond acceptors (Lipinski definition) is 3. The van der Waals surface area contributed by atoms with Gasteiger partial charge in [-0.15, -0.1) is 0 Å². The first-order chi connectivity index (χ1) is 7.70. The third kappa shape index (κ3) is 2.04. The standard InChI is InChI=1S/C13H15N3/c1-9-2-4-11(5-3-9)13-12(15)6-10(7-14)8-16-13/h2-6,8H,7,14-15H2,1H3. The molecule has 0 unspecified atom stereocenters. The maximum absolute atomic E-state index is 5.95. The molecule has 0 bridgehead atoms. The van der Waals surface area contributed by atoms with Crippen LogP contribution in [0.3, 0.4) is 0 Å². The molecular formula is C13H15N3. The molecule has 0 saturated heterocycles. The van der Waals surface area contributed by atoms with Gasteiger partial charge in [0.2, 0.25) is 0 Å². The third-order valence-corrected chi connectivity index (χ3v) is 2.53. The summed E-state index contributed by atoms with van der Waals surface area (Å²) in [6.45, 7) is 2.52. The molecular weight excluding hydrogens is 198 g/mol. The second kappa shape index (κ2) is 4.33. The van der Waals surface area contributed by atoms with Crippen molar-refractivity contribution in [3.05, 3.63) is 47.7 Å². The van der Waals surface area contributed by atoms with Gasteiger partial charge in [-0.3, -0.25) is 4.98 Å². The number of anilines is 1. The zero-order valence-corrected chi connectivity index (χ0v) is 9.27. The van der Waals surface area contributed by atoms with E-state index in [0.717, 1.165) is 16.8 Å². The maximum atomic E-state index is 5.95. The van der Waals surface area contributed by atoms with E-state index in [4.69, 9.17) is 11.5 Å². The Morgan fingerprint density at radius 2 is 1.88 bits per heavy atom. The van der Waals surface area contributed by atoms with Gasteiger partial charge >= 0.3 is 0 Å². The Balaban J connectivity index is 2.44. The summed E-state index contributed by atoms with van der Waals surface area (Å²) in [5, 5.41) is 0. The van der Waals surface area contributed by atoms with Crippen LogP contribution in [-0.4, -0.2) is 4.98 Å². The Morgan fingerprint density at radius 1 is 1.19 bits per heavy atom. The minimum Gasteiger partial charge on any atom is -0.397 e. The zero-order chi connectivity index (χ0) is 11.5. The molecule has 4 N–H and O–H groups in total. The van der Waals surface area contributed by atoms with Gasteiger partial charge in [0.05, 0.1) is 11.4 Å². The minimum atomic E-state index is 0.464. The Kier molecular flexibility index (Phi) is 2.88. The summed E-state index contributed by atoms with van der Waals surface area (Å²) in [4.78, 5) is 4.34. The van der Waals surface area contributed by atoms with E-state index in [0.29, 0.717) is 12.2 Å². The number of nitrogen functional groups attached to an aromatic ring is 1. The molecule has 1 heterocycles. The van der Waals surface area contributed by atoms with Crippen LogP contribution in [0.4, 0.5) is 5.69 Å². The van der Waals surface area contributed by atoms with Gasteiger partial charge in [-0.1, -0.05) is 29.8 Å². The van der Waals surface area contributed by atoms with Crippen molar-refractivity contribution in [1.82, 2.24) is 4.98 Å². The molecule has 0 saturated carbocycles. The Labute approximate surface area is 95.1 Å². The van der Waals surface area contributed by atoms with E-state index in [9.17, 15) is 0 Å². The number of rotatable bonds is 2. The molecule has 2 aromatic rings. The van der Waals surface area contributed by atoms with Crippen LogP contribution in [0.25, 0.3) is 11.3 Å². The highest BCUT2D eigenvalue weighted by atomic mass is 14.7. The minimum absolute atomic E-state index is 0.464. The predicted octanol–water partition coefficient (Wildman–Crippen LogP) is 2.10. The molecule has 0 aliphatic heterocycles. The van der Waals surface area contributed by atoms with Crippen molar-refractivity contribution < 1.29 is 0 Å². The molecule has 3 nitrogen and oxygen atoms in total. The maximum Gasteiger partial charge on any atom is 0.0931 e. The molecule has 0 aliphatic rings. The van der Waals surface area contributed by atoms with Crippen molar-refractivity contribution in [2.24, 2.45) is 5.73 Å². The van der Waals surface area contributed by atoms with Gasteiger partial charge in [0.1, 0.15) is 0 Å². The van der Waals surface area contributed by atoms with Crippen molar-refractivity contribution in [3.8, 4) is 11.3 Å². The number of benzene rings is 1. The van der Waals surface area contributed by atoms with Crippen molar-refractivity contribution in [1.29, 1.82) is 0 Å². The van der Waals surface area contributed by atoms with Crippen LogP contribution >= 0.6 is 0 Å². The highest BCUT2D eigenvalue weighted by Crippen LogP contribution is 2.24. The van der Waals surface area contributed by atoms with Crippen molar-refractivity contribution in [2.75, 3.05) is 5.73 Å². The number of aryl methyl sites for hydroxylation is 1. The molecule has 0 amide bonds. The Hall–Kier alpha value is -1.87. The lowest BCUT2D eigenvalue weighted by molar-refractivity contribution is 1.05. The van der Waals surface area contributed by atoms with Crippen molar-refractivity contribution in [2.45, 2.75) is 13.5 Å². The number of nitrogens with zero attached hydrogens (tertiary/aromatic N) is 1. The zero-order valence-electron chi connectivity index (χ0n) is 9.27. The fourth-order valence-electron chi connectivity index (χ4n) is 1.59. The fraction of sp³-hybridized carbons (Fsp3) is 0.154. The largest absolute Gasteiger partial charge is 0.397 e. The van der Waals surface area contributed by atoms with Crippen LogP contribution in [0.15, 0.2) is 36.5 Å². The molecule has 82 valence electrons. The molecule has 1 aromatic heterocycles. The van der Waals surface area contributed by atoms with Crippen molar-refractivity contribution >= 4 is 5.69 Å². The van der Waals surface area contributed by atoms with Gasteiger partial charge in [0.25, 0.3) is 0 Å². The number of nitrogens with two attached hydrogens (primary N) is 2. The van der Waals surface area contributed by atoms with Gasteiger partial charge < -0.3 is 11.5 Å². The second-order valence-electron chi connectivity index (χ2n) is 3.85. The van der Waals surface area contributed by atoms with Crippen molar-refractivity contribution in [3.63, 3.8) is 0 Å². The SMILES string of the molecule is Cc1ccc(-c2ncc(CN)cc2N)cc1. The third-order valence-electron chi connectivity index (χ3n) is 2.53. The van der Waals surface area contributed by atoms with Crippen LogP contribution < -0.4 is 11.5 Å². The lowest BCUT2D eigenvalue weighted by Gasteiger charge is -2.06. The summed E-state index contributed by atoms with van der Waals surface area (Å²) in [6, 6.07) is 10.0. The Morgan fingerprint density at radius 3 is 2.44 bits per heavy atom. The van der Waals surface area contributed by atoms with Gasteiger partial charge in [-0.2, -0.15) is 0 Å². The number of hydrogen-bond donors (Lipinski definition) is 2. The molecule has 0 atom stereocenters. The monoisotopic (exact) mass is 213 g/mol. The van der Waals surface area contributed by atoms with Crippen LogP contribution in [0.1, 0.15) is 11.1 Å². The lowest BCUT2D eigenvalue weighted by Crippen LogP contribution is -2.00. The predicted molar refractivity (Wildman–Crippen MR) is 66.7 cm³/mol. The molecule has 2 rings (SSSR count). The summed E-state index contributed by atoms with van der Waals surface area (Å²) >= 11 is 0. The first-order valence-electron chi connectivity index (χ1n) is 5.22. The van der Waals surface area contributed by atoms with E-state index >= 15 is 0 Å². The summed E-state index contributed by atoms with van der Waals surface area (Å²) in [7, 11) is 0. The van der Waals surface area contributed by atoms with Gasteiger partial charge in [-0.05, 0) is 18.6 Å². The summed E-state index contributed by atoms with van der Waals surface area (Å²) in [5.41, 5.74) is 16.2. The normalized spacial score (nSPS) is 10.4. The van der Waals surface area contributed by atoms with Gasteiger partial charge in [0.15, 0.2) is 0 Å². The second-order valence-corrected chi connectivity index (χ2v) is 3.85. The van der Waals surface area contributed by atoms with Crippen LogP contribution in [0.5, 0.6) is 0 Å². The first kappa shape index (κ1) is 10.6. The summed E-state index contributed by atoms with van der Waals surface area (Å²) in [6.07, 6.45) is 1.77. The molecule has 0 radical (unpaired) electrons. The molecule has 1 aromatic carbocycles. The van der Waals surface area contributed by atoms with Gasteiger partial charge in [0, 0.05) is 18.3 Å². The Bertz CT molecular complexity index is 489. The smallest absolute Gasteiger partial charge is 0.0931 e. The molecule has 0 aliphatic carbocycles. The quantitative estimate of drug-likeness (QED) is 0.802. The molecule has 3 heteroatoms. The summed E-state index contributed by atoms with van der Waals surface area (Å²) in [5.74, 6) is 0. The average molecular weight is 213 g/mol. The number of pyridine rings is 1. The molecule has 0 fully saturated rings. The topological polar surface area (TPSA) is 64.9 Å². The highest BCUT2D eigenvalue weighted by molar-refractivity contribution is 5.72. The van der Waals surface area contributed by atoms with E-state index in [2.05, 4.69) is 11.9 Å². The van der Waals surface area contributed by atoms with Crippen LogP contribution in [-0.2, 0) is 6.54 Å². The van der Waals surface area contributed by atoms with Crippen LogP contribution in [0, 0.1) is 6.92 Å². The van der Waals surface area contributed by atoms with E-state index in [-0.39, 0.29) is 0 Å². The summed E-state index contributed by atoms with van der Waals surface area (Å²) < 4.78 is 0. The highest BCUT2D eigenvalue weighted by Gasteiger charge is 2.04. The van der Waals surface area contributed by atoms with Gasteiger partial charge in [-0.25, -0.2) is 0 Å². The van der Waals surface area contributed by atoms with Crippen LogP contribution in [0.2, 0.25) is 0 Å². The van der Waals surface area contributed by atoms with E-state index < -0.39 is 0 Å². The average Bonchev–Trinajstić information content (AvgIpc) is 2.30. The van der Waals surface area contributed by atoms with E-state index in [1.807, 2.05) is 30.3 Å². The fourth-order valence-corrected chi connectivity index (χ4v) is 1.59. The lowest BCUT2D eigenvalue weighted by atomic mass is 10.1. The number of aromatic nitrogens is 1. The molecule has 16 heavy (non-hydrogen) atoms. The molecule has 0 spiro atoms.